The Morgan fingerprint density at radius 1 is 1.03 bits per heavy atom. The second-order valence-corrected chi connectivity index (χ2v) is 9.06. The number of fused-ring (bicyclic) bond motifs is 1. The van der Waals surface area contributed by atoms with Crippen LogP contribution in [0.5, 0.6) is 0 Å². The molecule has 2 aromatic carbocycles. The summed E-state index contributed by atoms with van der Waals surface area (Å²) >= 11 is 5.84. The van der Waals surface area contributed by atoms with Crippen molar-refractivity contribution < 1.29 is 0 Å². The maximum atomic E-state index is 12.9. The molecule has 0 saturated heterocycles. The number of nitrogens with zero attached hydrogens (tertiary/aromatic N) is 2. The number of aryl methyl sites for hydroxylation is 2. The molecular weight excluding hydrogens is 428 g/mol. The normalized spacial score (nSPS) is 12.2. The second kappa shape index (κ2) is 11.4. The topological polar surface area (TPSA) is 51.4 Å². The van der Waals surface area contributed by atoms with Crippen LogP contribution >= 0.6 is 12.2 Å². The van der Waals surface area contributed by atoms with E-state index >= 15 is 0 Å². The van der Waals surface area contributed by atoms with E-state index in [2.05, 4.69) is 72.9 Å². The van der Waals surface area contributed by atoms with Crippen molar-refractivity contribution in [2.45, 2.75) is 47.2 Å². The maximum absolute atomic E-state index is 12.9. The molecule has 33 heavy (non-hydrogen) atoms. The molecule has 0 radical (unpaired) electrons. The summed E-state index contributed by atoms with van der Waals surface area (Å²) < 4.78 is 0. The lowest BCUT2D eigenvalue weighted by atomic mass is 10.0. The highest BCUT2D eigenvalue weighted by molar-refractivity contribution is 7.80. The molecule has 0 spiro atoms. The van der Waals surface area contributed by atoms with Crippen LogP contribution in [0.2, 0.25) is 0 Å². The van der Waals surface area contributed by atoms with Gasteiger partial charge in [-0.1, -0.05) is 44.2 Å². The first-order chi connectivity index (χ1) is 15.8. The van der Waals surface area contributed by atoms with E-state index in [-0.39, 0.29) is 11.6 Å². The molecule has 176 valence electrons. The van der Waals surface area contributed by atoms with Gasteiger partial charge in [0.05, 0.1) is 12.6 Å². The van der Waals surface area contributed by atoms with Crippen LogP contribution in [0.3, 0.4) is 0 Å². The zero-order valence-corrected chi connectivity index (χ0v) is 21.3. The van der Waals surface area contributed by atoms with Crippen LogP contribution in [0.25, 0.3) is 10.9 Å². The minimum absolute atomic E-state index is 0.0579. The quantitative estimate of drug-likeness (QED) is 0.440. The lowest BCUT2D eigenvalue weighted by Crippen LogP contribution is -2.44. The van der Waals surface area contributed by atoms with Crippen molar-refractivity contribution in [3.8, 4) is 0 Å². The fourth-order valence-corrected chi connectivity index (χ4v) is 4.33. The zero-order chi connectivity index (χ0) is 24.0. The van der Waals surface area contributed by atoms with Gasteiger partial charge in [0.15, 0.2) is 5.11 Å². The Labute approximate surface area is 202 Å². The summed E-state index contributed by atoms with van der Waals surface area (Å²) in [4.78, 5) is 20.5. The number of aromatic nitrogens is 1. The Kier molecular flexibility index (Phi) is 8.64. The lowest BCUT2D eigenvalue weighted by Gasteiger charge is -2.30. The number of nitrogens with one attached hydrogen (secondary N) is 2. The largest absolute Gasteiger partial charge is 0.356 e. The molecule has 0 unspecified atom stereocenters. The van der Waals surface area contributed by atoms with E-state index in [4.69, 9.17) is 12.2 Å². The van der Waals surface area contributed by atoms with E-state index in [1.807, 2.05) is 30.3 Å². The highest BCUT2D eigenvalue weighted by Crippen LogP contribution is 2.18. The third-order valence-electron chi connectivity index (χ3n) is 6.40. The highest BCUT2D eigenvalue weighted by atomic mass is 32.1. The molecule has 5 nitrogen and oxygen atoms in total. The molecule has 3 rings (SSSR count). The summed E-state index contributed by atoms with van der Waals surface area (Å²) in [6.07, 6.45) is 0. The SMILES string of the molecule is CCN(CC)CCN(Cc1cc2cc(C)c(C)cc2[nH]c1=O)C(=S)N[C@H](C)c1ccccc1. The van der Waals surface area contributed by atoms with Crippen molar-refractivity contribution >= 4 is 28.2 Å². The van der Waals surface area contributed by atoms with Gasteiger partial charge in [0.1, 0.15) is 0 Å². The van der Waals surface area contributed by atoms with E-state index in [9.17, 15) is 4.79 Å². The van der Waals surface area contributed by atoms with Gasteiger partial charge in [-0.2, -0.15) is 0 Å². The number of benzene rings is 2. The van der Waals surface area contributed by atoms with Gasteiger partial charge in [0.25, 0.3) is 5.56 Å². The Morgan fingerprint density at radius 3 is 2.36 bits per heavy atom. The number of pyridine rings is 1. The molecule has 0 aliphatic carbocycles. The summed E-state index contributed by atoms with van der Waals surface area (Å²) in [5, 5.41) is 5.19. The maximum Gasteiger partial charge on any atom is 0.253 e. The van der Waals surface area contributed by atoms with Crippen LogP contribution < -0.4 is 10.9 Å². The van der Waals surface area contributed by atoms with E-state index in [0.717, 1.165) is 42.6 Å². The predicted molar refractivity (Wildman–Crippen MR) is 143 cm³/mol. The fraction of sp³-hybridized carbons (Fsp3) is 0.407. The van der Waals surface area contributed by atoms with Crippen molar-refractivity contribution in [3.63, 3.8) is 0 Å². The van der Waals surface area contributed by atoms with Crippen LogP contribution in [-0.4, -0.2) is 46.1 Å². The molecule has 0 saturated carbocycles. The molecule has 6 heteroatoms. The van der Waals surface area contributed by atoms with Gasteiger partial charge in [0, 0.05) is 24.2 Å². The Balaban J connectivity index is 1.85. The molecule has 0 bridgehead atoms. The minimum Gasteiger partial charge on any atom is -0.356 e. The predicted octanol–water partition coefficient (Wildman–Crippen LogP) is 4.92. The number of hydrogen-bond acceptors (Lipinski definition) is 3. The van der Waals surface area contributed by atoms with Gasteiger partial charge < -0.3 is 20.1 Å². The van der Waals surface area contributed by atoms with Crippen molar-refractivity contribution in [2.24, 2.45) is 0 Å². The van der Waals surface area contributed by atoms with E-state index in [1.165, 1.54) is 16.7 Å². The van der Waals surface area contributed by atoms with Crippen molar-refractivity contribution in [1.29, 1.82) is 0 Å². The molecule has 0 aliphatic rings. The molecule has 2 N–H and O–H groups in total. The summed E-state index contributed by atoms with van der Waals surface area (Å²) in [5.74, 6) is 0. The Hall–Kier alpha value is -2.70. The monoisotopic (exact) mass is 464 g/mol. The minimum atomic E-state index is -0.0579. The third kappa shape index (κ3) is 6.42. The molecule has 3 aromatic rings. The van der Waals surface area contributed by atoms with E-state index < -0.39 is 0 Å². The fourth-order valence-electron chi connectivity index (χ4n) is 4.00. The van der Waals surface area contributed by atoms with Crippen LogP contribution in [-0.2, 0) is 6.54 Å². The van der Waals surface area contributed by atoms with E-state index in [0.29, 0.717) is 11.7 Å². The van der Waals surface area contributed by atoms with Crippen LogP contribution in [0.15, 0.2) is 53.3 Å². The first kappa shape index (κ1) is 24.9. The molecule has 1 aromatic heterocycles. The molecule has 1 heterocycles. The summed E-state index contributed by atoms with van der Waals surface area (Å²) in [5.41, 5.74) is 5.11. The molecule has 0 amide bonds. The van der Waals surface area contributed by atoms with Gasteiger partial charge in [-0.25, -0.2) is 0 Å². The number of H-pyrrole nitrogens is 1. The summed E-state index contributed by atoms with van der Waals surface area (Å²) in [6, 6.07) is 16.5. The zero-order valence-electron chi connectivity index (χ0n) is 20.4. The summed E-state index contributed by atoms with van der Waals surface area (Å²) in [7, 11) is 0. The number of likely N-dealkylation sites (N-methyl/N-ethyl adjacent to an activating group) is 1. The highest BCUT2D eigenvalue weighted by Gasteiger charge is 2.17. The second-order valence-electron chi connectivity index (χ2n) is 8.68. The molecule has 1 atom stereocenters. The number of hydrogen-bond donors (Lipinski definition) is 2. The first-order valence-corrected chi connectivity index (χ1v) is 12.2. The van der Waals surface area contributed by atoms with Crippen LogP contribution in [0.4, 0.5) is 0 Å². The van der Waals surface area contributed by atoms with Crippen LogP contribution in [0, 0.1) is 13.8 Å². The third-order valence-corrected chi connectivity index (χ3v) is 6.78. The molecule has 0 fully saturated rings. The van der Waals surface area contributed by atoms with E-state index in [1.54, 1.807) is 0 Å². The van der Waals surface area contributed by atoms with Gasteiger partial charge >= 0.3 is 0 Å². The van der Waals surface area contributed by atoms with Gasteiger partial charge in [-0.05, 0) is 86.4 Å². The lowest BCUT2D eigenvalue weighted by molar-refractivity contribution is 0.262. The van der Waals surface area contributed by atoms with Crippen molar-refractivity contribution in [1.82, 2.24) is 20.1 Å². The Morgan fingerprint density at radius 2 is 1.70 bits per heavy atom. The standard InChI is InChI=1S/C27H36N4OS/c1-6-30(7-2)13-14-31(27(33)28-21(5)22-11-9-8-10-12-22)18-24-17-23-15-19(3)20(4)16-25(23)29-26(24)32/h8-12,15-17,21H,6-7,13-14,18H2,1-5H3,(H,28,33)(H,29,32)/t21-/m1/s1. The number of thiocarbonyl (C=S) groups is 1. The Bertz CT molecular complexity index is 1140. The molecular formula is C27H36N4OS. The smallest absolute Gasteiger partial charge is 0.253 e. The van der Waals surface area contributed by atoms with Crippen LogP contribution in [0.1, 0.15) is 49.1 Å². The van der Waals surface area contributed by atoms with Crippen molar-refractivity contribution in [3.05, 3.63) is 81.1 Å². The summed E-state index contributed by atoms with van der Waals surface area (Å²) in [6.45, 7) is 14.7. The van der Waals surface area contributed by atoms with Gasteiger partial charge in [-0.3, -0.25) is 4.79 Å². The first-order valence-electron chi connectivity index (χ1n) is 11.8. The number of aromatic amines is 1. The van der Waals surface area contributed by atoms with Crippen molar-refractivity contribution in [2.75, 3.05) is 26.2 Å². The van der Waals surface area contributed by atoms with Gasteiger partial charge in [-0.15, -0.1) is 0 Å². The molecule has 0 aliphatic heterocycles. The van der Waals surface area contributed by atoms with Gasteiger partial charge in [0.2, 0.25) is 0 Å². The average molecular weight is 465 g/mol. The number of rotatable bonds is 9. The average Bonchev–Trinajstić information content (AvgIpc) is 2.81.